The Morgan fingerprint density at radius 3 is 2.56 bits per heavy atom. The number of aromatic nitrogens is 1. The summed E-state index contributed by atoms with van der Waals surface area (Å²) in [5.74, 6) is -1.74. The number of aliphatic hydroxyl groups excluding tert-OH is 1. The summed E-state index contributed by atoms with van der Waals surface area (Å²) in [6, 6.07) is 10.5. The molecule has 4 rings (SSSR count). The van der Waals surface area contributed by atoms with E-state index in [1.54, 1.807) is 34.5 Å². The van der Waals surface area contributed by atoms with Gasteiger partial charge in [-0.3, -0.25) is 5.41 Å². The van der Waals surface area contributed by atoms with Crippen molar-refractivity contribution in [2.24, 2.45) is 0 Å². The Morgan fingerprint density at radius 2 is 1.85 bits per heavy atom. The standard InChI is InChI=1S/C19H12ClF2N3OS/c20-11-2-4-12(5-3-11)25-8-16(26)17(18(25)23)19-24-15(9-27-19)10-1-6-13(21)14(22)7-10/h1-7,9,23,26H,8H2. The third-order valence-electron chi connectivity index (χ3n) is 4.17. The topological polar surface area (TPSA) is 60.2 Å². The monoisotopic (exact) mass is 403 g/mol. The van der Waals surface area contributed by atoms with Gasteiger partial charge in [0.05, 0.1) is 17.8 Å². The lowest BCUT2D eigenvalue weighted by molar-refractivity contribution is 0.411. The minimum absolute atomic E-state index is 0.0288. The van der Waals surface area contributed by atoms with E-state index in [0.717, 1.165) is 17.8 Å². The average Bonchev–Trinajstić information content (AvgIpc) is 3.23. The number of hydrogen-bond donors (Lipinski definition) is 2. The molecule has 0 atom stereocenters. The summed E-state index contributed by atoms with van der Waals surface area (Å²) in [5.41, 5.74) is 1.93. The fourth-order valence-corrected chi connectivity index (χ4v) is 3.84. The fourth-order valence-electron chi connectivity index (χ4n) is 2.82. The maximum Gasteiger partial charge on any atom is 0.159 e. The minimum atomic E-state index is -0.952. The minimum Gasteiger partial charge on any atom is -0.510 e. The van der Waals surface area contributed by atoms with Crippen molar-refractivity contribution < 1.29 is 13.9 Å². The van der Waals surface area contributed by atoms with E-state index in [1.807, 2.05) is 0 Å². The van der Waals surface area contributed by atoms with Crippen molar-refractivity contribution in [1.29, 1.82) is 5.41 Å². The van der Waals surface area contributed by atoms with E-state index in [-0.39, 0.29) is 18.1 Å². The molecule has 0 amide bonds. The molecule has 2 N–H and O–H groups in total. The van der Waals surface area contributed by atoms with E-state index >= 15 is 0 Å². The molecule has 27 heavy (non-hydrogen) atoms. The molecule has 4 nitrogen and oxygen atoms in total. The van der Waals surface area contributed by atoms with Crippen molar-refractivity contribution in [2.45, 2.75) is 0 Å². The third kappa shape index (κ3) is 3.20. The lowest BCUT2D eigenvalue weighted by atomic mass is 10.1. The molecule has 0 saturated heterocycles. The van der Waals surface area contributed by atoms with Gasteiger partial charge in [0.2, 0.25) is 0 Å². The molecule has 3 aromatic rings. The van der Waals surface area contributed by atoms with Crippen LogP contribution in [0.25, 0.3) is 16.8 Å². The van der Waals surface area contributed by atoms with E-state index in [4.69, 9.17) is 17.0 Å². The second-order valence-electron chi connectivity index (χ2n) is 5.90. The summed E-state index contributed by atoms with van der Waals surface area (Å²) < 4.78 is 26.6. The van der Waals surface area contributed by atoms with Crippen LogP contribution in [0.15, 0.2) is 53.6 Å². The summed E-state index contributed by atoms with van der Waals surface area (Å²) in [4.78, 5) is 6.04. The molecule has 1 aliphatic heterocycles. The molecule has 8 heteroatoms. The van der Waals surface area contributed by atoms with Gasteiger partial charge in [-0.25, -0.2) is 13.8 Å². The number of aliphatic hydroxyl groups is 1. The Balaban J connectivity index is 1.64. The number of nitrogens with one attached hydrogen (secondary N) is 1. The van der Waals surface area contributed by atoms with Crippen LogP contribution in [-0.4, -0.2) is 22.5 Å². The van der Waals surface area contributed by atoms with Gasteiger partial charge < -0.3 is 10.0 Å². The summed E-state index contributed by atoms with van der Waals surface area (Å²) in [5, 5.41) is 21.5. The molecule has 0 fully saturated rings. The van der Waals surface area contributed by atoms with E-state index in [9.17, 15) is 13.9 Å². The number of amidine groups is 1. The highest BCUT2D eigenvalue weighted by atomic mass is 35.5. The summed E-state index contributed by atoms with van der Waals surface area (Å²) in [7, 11) is 0. The zero-order valence-electron chi connectivity index (χ0n) is 13.7. The maximum atomic E-state index is 13.5. The van der Waals surface area contributed by atoms with E-state index in [2.05, 4.69) is 4.98 Å². The predicted molar refractivity (Wildman–Crippen MR) is 104 cm³/mol. The highest BCUT2D eigenvalue weighted by molar-refractivity contribution is 7.11. The number of hydrogen-bond acceptors (Lipinski definition) is 4. The van der Waals surface area contributed by atoms with Crippen molar-refractivity contribution in [2.75, 3.05) is 11.4 Å². The molecule has 1 aliphatic rings. The molecular weight excluding hydrogens is 392 g/mol. The molecule has 2 aromatic carbocycles. The van der Waals surface area contributed by atoms with Crippen LogP contribution in [0.1, 0.15) is 5.01 Å². The molecule has 0 radical (unpaired) electrons. The summed E-state index contributed by atoms with van der Waals surface area (Å²) in [6.45, 7) is 0.149. The quantitative estimate of drug-likeness (QED) is 0.606. The summed E-state index contributed by atoms with van der Waals surface area (Å²) in [6.07, 6.45) is 0. The van der Waals surface area contributed by atoms with E-state index in [0.29, 0.717) is 26.9 Å². The normalized spacial score (nSPS) is 14.3. The van der Waals surface area contributed by atoms with Crippen LogP contribution < -0.4 is 4.90 Å². The van der Waals surface area contributed by atoms with Gasteiger partial charge in [-0.15, -0.1) is 11.3 Å². The Bertz CT molecular complexity index is 1080. The number of rotatable bonds is 3. The van der Waals surface area contributed by atoms with Crippen molar-refractivity contribution in [3.8, 4) is 11.3 Å². The van der Waals surface area contributed by atoms with Gasteiger partial charge in [-0.1, -0.05) is 11.6 Å². The molecular formula is C19H12ClF2N3OS. The third-order valence-corrected chi connectivity index (χ3v) is 5.29. The highest BCUT2D eigenvalue weighted by Crippen LogP contribution is 2.34. The molecule has 0 saturated carbocycles. The molecule has 136 valence electrons. The number of nitrogens with zero attached hydrogens (tertiary/aromatic N) is 2. The van der Waals surface area contributed by atoms with Crippen molar-refractivity contribution in [3.05, 3.63) is 75.3 Å². The molecule has 0 bridgehead atoms. The van der Waals surface area contributed by atoms with Crippen molar-refractivity contribution in [3.63, 3.8) is 0 Å². The van der Waals surface area contributed by atoms with E-state index in [1.165, 1.54) is 17.4 Å². The first kappa shape index (κ1) is 17.6. The van der Waals surface area contributed by atoms with Crippen molar-refractivity contribution >= 4 is 40.0 Å². The maximum absolute atomic E-state index is 13.5. The fraction of sp³-hybridized carbons (Fsp3) is 0.0526. The first-order chi connectivity index (χ1) is 12.9. The molecule has 1 aromatic heterocycles. The van der Waals surface area contributed by atoms with Gasteiger partial charge in [0, 0.05) is 21.7 Å². The second kappa shape index (κ2) is 6.75. The highest BCUT2D eigenvalue weighted by Gasteiger charge is 2.31. The molecule has 0 aliphatic carbocycles. The Labute approximate surface area is 162 Å². The van der Waals surface area contributed by atoms with Gasteiger partial charge in [-0.05, 0) is 42.5 Å². The number of benzene rings is 2. The lowest BCUT2D eigenvalue weighted by Gasteiger charge is -2.18. The van der Waals surface area contributed by atoms with Gasteiger partial charge in [0.1, 0.15) is 16.6 Å². The molecule has 0 unspecified atom stereocenters. The Kier molecular flexibility index (Phi) is 4.41. The summed E-state index contributed by atoms with van der Waals surface area (Å²) >= 11 is 7.12. The first-order valence-corrected chi connectivity index (χ1v) is 9.15. The van der Waals surface area contributed by atoms with Crippen molar-refractivity contribution in [1.82, 2.24) is 4.98 Å². The SMILES string of the molecule is N=C1C(c2nc(-c3ccc(F)c(F)c3)cs2)=C(O)CN1c1ccc(Cl)cc1. The largest absolute Gasteiger partial charge is 0.510 e. The smallest absolute Gasteiger partial charge is 0.159 e. The van der Waals surface area contributed by atoms with Gasteiger partial charge in [0.25, 0.3) is 0 Å². The first-order valence-electron chi connectivity index (χ1n) is 7.89. The predicted octanol–water partition coefficient (Wildman–Crippen LogP) is 5.51. The Hall–Kier alpha value is -2.77. The van der Waals surface area contributed by atoms with Crippen LogP contribution in [0.3, 0.4) is 0 Å². The van der Waals surface area contributed by atoms with Crippen LogP contribution >= 0.6 is 22.9 Å². The van der Waals surface area contributed by atoms with Crippen LogP contribution in [0, 0.1) is 17.0 Å². The van der Waals surface area contributed by atoms with E-state index < -0.39 is 11.6 Å². The molecule has 2 heterocycles. The van der Waals surface area contributed by atoms with Crippen LogP contribution in [0.2, 0.25) is 5.02 Å². The second-order valence-corrected chi connectivity index (χ2v) is 7.19. The number of anilines is 1. The lowest BCUT2D eigenvalue weighted by Crippen LogP contribution is -2.25. The van der Waals surface area contributed by atoms with Crippen LogP contribution in [-0.2, 0) is 0 Å². The van der Waals surface area contributed by atoms with Gasteiger partial charge in [0.15, 0.2) is 11.6 Å². The average molecular weight is 404 g/mol. The van der Waals surface area contributed by atoms with Crippen LogP contribution in [0.4, 0.5) is 14.5 Å². The zero-order chi connectivity index (χ0) is 19.1. The Morgan fingerprint density at radius 1 is 1.11 bits per heavy atom. The van der Waals surface area contributed by atoms with Gasteiger partial charge in [-0.2, -0.15) is 0 Å². The molecule has 0 spiro atoms. The van der Waals surface area contributed by atoms with Gasteiger partial charge >= 0.3 is 0 Å². The number of thiazole rings is 1. The number of halogens is 3. The zero-order valence-corrected chi connectivity index (χ0v) is 15.3. The van der Waals surface area contributed by atoms with Crippen LogP contribution in [0.5, 0.6) is 0 Å².